The minimum Gasteiger partial charge on any atom is -0.493 e. The van der Waals surface area contributed by atoms with Crippen molar-refractivity contribution >= 4 is 41.7 Å². The molecule has 2 aromatic rings. The van der Waals surface area contributed by atoms with E-state index in [1.165, 1.54) is 12.8 Å². The normalized spacial score (nSPS) is 13.2. The lowest BCUT2D eigenvalue weighted by Gasteiger charge is -2.15. The first-order valence-corrected chi connectivity index (χ1v) is 11.4. The number of anilines is 1. The molecule has 3 rings (SSSR count). The van der Waals surface area contributed by atoms with E-state index in [1.807, 2.05) is 63.2 Å². The van der Waals surface area contributed by atoms with E-state index in [1.54, 1.807) is 0 Å². The zero-order valence-corrected chi connectivity index (χ0v) is 22.0. The maximum atomic E-state index is 11.8. The predicted octanol–water partition coefficient (Wildman–Crippen LogP) is 4.88. The highest BCUT2D eigenvalue weighted by atomic mass is 127. The molecule has 1 aliphatic carbocycles. The van der Waals surface area contributed by atoms with Crippen LogP contribution in [0.3, 0.4) is 0 Å². The number of nitrogens with one attached hydrogen (secondary N) is 4. The van der Waals surface area contributed by atoms with Crippen molar-refractivity contribution in [1.82, 2.24) is 16.0 Å². The Kier molecular flexibility index (Phi) is 11.3. The van der Waals surface area contributed by atoms with E-state index in [-0.39, 0.29) is 36.0 Å². The van der Waals surface area contributed by atoms with Crippen molar-refractivity contribution in [3.05, 3.63) is 59.7 Å². The summed E-state index contributed by atoms with van der Waals surface area (Å²) in [7, 11) is 0. The largest absolute Gasteiger partial charge is 0.493 e. The van der Waals surface area contributed by atoms with Crippen LogP contribution in [0.25, 0.3) is 0 Å². The van der Waals surface area contributed by atoms with Gasteiger partial charge in [0.1, 0.15) is 5.75 Å². The van der Waals surface area contributed by atoms with Gasteiger partial charge in [-0.2, -0.15) is 0 Å². The van der Waals surface area contributed by atoms with Crippen LogP contribution >= 0.6 is 24.0 Å². The van der Waals surface area contributed by atoms with Gasteiger partial charge in [-0.1, -0.05) is 30.3 Å². The summed E-state index contributed by atoms with van der Waals surface area (Å²) in [4.78, 5) is 16.5. The third kappa shape index (κ3) is 9.89. The summed E-state index contributed by atoms with van der Waals surface area (Å²) >= 11 is 0. The van der Waals surface area contributed by atoms with Crippen LogP contribution in [0, 0.1) is 5.92 Å². The van der Waals surface area contributed by atoms with Gasteiger partial charge in [-0.15, -0.1) is 24.0 Å². The van der Waals surface area contributed by atoms with Crippen LogP contribution in [0.5, 0.6) is 5.75 Å². The van der Waals surface area contributed by atoms with Gasteiger partial charge in [0.25, 0.3) is 0 Å². The van der Waals surface area contributed by atoms with E-state index in [2.05, 4.69) is 27.3 Å². The molecular formula is C25H36IN5O2. The molecule has 0 radical (unpaired) electrons. The van der Waals surface area contributed by atoms with Crippen molar-refractivity contribution in [2.75, 3.05) is 18.5 Å². The number of aliphatic imine (C=N–C) groups is 1. The molecule has 4 N–H and O–H groups in total. The van der Waals surface area contributed by atoms with Crippen molar-refractivity contribution in [3.63, 3.8) is 0 Å². The Hall–Kier alpha value is -2.49. The number of benzene rings is 2. The molecule has 1 fully saturated rings. The molecule has 180 valence electrons. The molecule has 1 saturated carbocycles. The number of urea groups is 1. The van der Waals surface area contributed by atoms with Crippen LogP contribution in [-0.2, 0) is 13.1 Å². The third-order valence-electron chi connectivity index (χ3n) is 4.99. The number of carbonyl (C=O) groups is 1. The molecule has 33 heavy (non-hydrogen) atoms. The molecule has 0 atom stereocenters. The Morgan fingerprint density at radius 2 is 1.82 bits per heavy atom. The molecular weight excluding hydrogens is 529 g/mol. The van der Waals surface area contributed by atoms with E-state index in [0.29, 0.717) is 13.1 Å². The highest BCUT2D eigenvalue weighted by molar-refractivity contribution is 14.0. The fraction of sp³-hybridized carbons (Fsp3) is 0.440. The fourth-order valence-corrected chi connectivity index (χ4v) is 3.10. The number of para-hydroxylation sites is 1. The summed E-state index contributed by atoms with van der Waals surface area (Å²) < 4.78 is 6.01. The van der Waals surface area contributed by atoms with Crippen LogP contribution in [0.15, 0.2) is 53.5 Å². The number of rotatable bonds is 10. The molecule has 0 unspecified atom stereocenters. The van der Waals surface area contributed by atoms with Crippen LogP contribution in [0.4, 0.5) is 10.5 Å². The molecule has 0 aliphatic heterocycles. The van der Waals surface area contributed by atoms with Crippen molar-refractivity contribution in [3.8, 4) is 5.75 Å². The van der Waals surface area contributed by atoms with Gasteiger partial charge in [-0.05, 0) is 63.3 Å². The summed E-state index contributed by atoms with van der Waals surface area (Å²) in [6, 6.07) is 15.8. The van der Waals surface area contributed by atoms with E-state index >= 15 is 0 Å². The Balaban J connectivity index is 0.00000385. The van der Waals surface area contributed by atoms with Gasteiger partial charge in [0.05, 0.1) is 13.2 Å². The number of halogens is 1. The van der Waals surface area contributed by atoms with Gasteiger partial charge in [-0.3, -0.25) is 0 Å². The standard InChI is InChI=1S/C25H35N5O2.HI/c1-4-26-24(28-16-21-7-5-6-8-23(21)32-17-20-9-10-20)27-15-19-11-13-22(14-12-19)30-25(31)29-18(2)3;/h5-8,11-14,18,20H,4,9-10,15-17H2,1-3H3,(H2,26,27,28)(H2,29,30,31);1H. The Bertz CT molecular complexity index is 898. The van der Waals surface area contributed by atoms with Gasteiger partial charge >= 0.3 is 6.03 Å². The maximum absolute atomic E-state index is 11.8. The highest BCUT2D eigenvalue weighted by Gasteiger charge is 2.22. The summed E-state index contributed by atoms with van der Waals surface area (Å²) in [6.07, 6.45) is 2.56. The molecule has 8 heteroatoms. The second kappa shape index (κ2) is 13.9. The number of hydrogen-bond acceptors (Lipinski definition) is 3. The smallest absolute Gasteiger partial charge is 0.319 e. The van der Waals surface area contributed by atoms with E-state index in [0.717, 1.165) is 47.6 Å². The van der Waals surface area contributed by atoms with Crippen LogP contribution in [-0.4, -0.2) is 31.2 Å². The van der Waals surface area contributed by atoms with Gasteiger partial charge in [0.2, 0.25) is 0 Å². The van der Waals surface area contributed by atoms with Gasteiger partial charge in [0, 0.05) is 30.4 Å². The molecule has 0 saturated heterocycles. The summed E-state index contributed by atoms with van der Waals surface area (Å²) in [5.41, 5.74) is 2.93. The molecule has 0 heterocycles. The topological polar surface area (TPSA) is 86.8 Å². The zero-order chi connectivity index (χ0) is 22.8. The molecule has 2 amide bonds. The zero-order valence-electron chi connectivity index (χ0n) is 19.7. The minimum absolute atomic E-state index is 0. The second-order valence-electron chi connectivity index (χ2n) is 8.36. The SMILES string of the molecule is CCNC(=NCc1ccc(NC(=O)NC(C)C)cc1)NCc1ccccc1OCC1CC1.I. The Morgan fingerprint density at radius 3 is 2.48 bits per heavy atom. The van der Waals surface area contributed by atoms with Gasteiger partial charge < -0.3 is 26.0 Å². The van der Waals surface area contributed by atoms with E-state index in [9.17, 15) is 4.79 Å². The predicted molar refractivity (Wildman–Crippen MR) is 145 cm³/mol. The van der Waals surface area contributed by atoms with Crippen molar-refractivity contribution < 1.29 is 9.53 Å². The van der Waals surface area contributed by atoms with E-state index in [4.69, 9.17) is 9.73 Å². The lowest BCUT2D eigenvalue weighted by atomic mass is 10.2. The van der Waals surface area contributed by atoms with Crippen molar-refractivity contribution in [1.29, 1.82) is 0 Å². The Morgan fingerprint density at radius 1 is 1.09 bits per heavy atom. The first kappa shape index (κ1) is 26.8. The lowest BCUT2D eigenvalue weighted by Crippen LogP contribution is -2.36. The molecule has 1 aliphatic rings. The number of guanidine groups is 1. The highest BCUT2D eigenvalue weighted by Crippen LogP contribution is 2.30. The van der Waals surface area contributed by atoms with Crippen LogP contribution < -0.4 is 26.0 Å². The summed E-state index contributed by atoms with van der Waals surface area (Å²) in [5.74, 6) is 2.41. The minimum atomic E-state index is -0.203. The number of hydrogen-bond donors (Lipinski definition) is 4. The van der Waals surface area contributed by atoms with E-state index < -0.39 is 0 Å². The number of ether oxygens (including phenoxy) is 1. The maximum Gasteiger partial charge on any atom is 0.319 e. The van der Waals surface area contributed by atoms with Gasteiger partial charge in [0.15, 0.2) is 5.96 Å². The number of nitrogens with zero attached hydrogens (tertiary/aromatic N) is 1. The average Bonchev–Trinajstić information content (AvgIpc) is 3.60. The molecule has 0 aromatic heterocycles. The molecule has 0 spiro atoms. The third-order valence-corrected chi connectivity index (χ3v) is 4.99. The summed E-state index contributed by atoms with van der Waals surface area (Å²) in [5, 5.41) is 12.3. The molecule has 7 nitrogen and oxygen atoms in total. The lowest BCUT2D eigenvalue weighted by molar-refractivity contribution is 0.250. The first-order valence-electron chi connectivity index (χ1n) is 11.4. The summed E-state index contributed by atoms with van der Waals surface area (Å²) in [6.45, 7) is 8.65. The fourth-order valence-electron chi connectivity index (χ4n) is 3.10. The van der Waals surface area contributed by atoms with Crippen molar-refractivity contribution in [2.45, 2.75) is 52.7 Å². The van der Waals surface area contributed by atoms with Crippen molar-refractivity contribution in [2.24, 2.45) is 10.9 Å². The monoisotopic (exact) mass is 565 g/mol. The second-order valence-corrected chi connectivity index (χ2v) is 8.36. The average molecular weight is 566 g/mol. The first-order chi connectivity index (χ1) is 15.5. The molecule has 0 bridgehead atoms. The number of amides is 2. The quantitative estimate of drug-likeness (QED) is 0.188. The Labute approximate surface area is 214 Å². The number of carbonyl (C=O) groups excluding carboxylic acids is 1. The van der Waals surface area contributed by atoms with Crippen LogP contribution in [0.1, 0.15) is 44.7 Å². The van der Waals surface area contributed by atoms with Gasteiger partial charge in [-0.25, -0.2) is 9.79 Å². The van der Waals surface area contributed by atoms with Crippen LogP contribution in [0.2, 0.25) is 0 Å². The molecule has 2 aromatic carbocycles.